The molecular formula is C11H14F2N2O3. The Bertz CT molecular complexity index is 439. The van der Waals surface area contributed by atoms with Crippen LogP contribution in [0.1, 0.15) is 24.5 Å². The lowest BCUT2D eigenvalue weighted by atomic mass is 10.1. The molecule has 0 atom stereocenters. The summed E-state index contributed by atoms with van der Waals surface area (Å²) in [5.41, 5.74) is 4.93. The molecule has 0 bridgehead atoms. The highest BCUT2D eigenvalue weighted by atomic mass is 19.3. The van der Waals surface area contributed by atoms with Crippen LogP contribution in [0.2, 0.25) is 0 Å². The molecule has 18 heavy (non-hydrogen) atoms. The smallest absolute Gasteiger partial charge is 0.310 e. The van der Waals surface area contributed by atoms with Crippen LogP contribution in [0.25, 0.3) is 0 Å². The Morgan fingerprint density at radius 3 is 2.72 bits per heavy atom. The fourth-order valence-electron chi connectivity index (χ4n) is 1.52. The Balaban J connectivity index is 3.19. The Morgan fingerprint density at radius 1 is 1.56 bits per heavy atom. The fraction of sp³-hybridized carbons (Fsp3) is 0.455. The molecule has 1 aromatic rings. The second kappa shape index (κ2) is 6.13. The summed E-state index contributed by atoms with van der Waals surface area (Å²) in [4.78, 5) is 15.0. The lowest BCUT2D eigenvalue weighted by molar-refractivity contribution is -0.142. The number of carbonyl (C=O) groups excluding carboxylic acids is 1. The van der Waals surface area contributed by atoms with Crippen molar-refractivity contribution in [1.82, 2.24) is 4.98 Å². The number of hydrogen-bond donors (Lipinski definition) is 1. The van der Waals surface area contributed by atoms with Gasteiger partial charge < -0.3 is 15.2 Å². The van der Waals surface area contributed by atoms with Crippen LogP contribution in [0.4, 0.5) is 14.6 Å². The lowest BCUT2D eigenvalue weighted by Crippen LogP contribution is -2.13. The van der Waals surface area contributed by atoms with Gasteiger partial charge in [0.15, 0.2) is 0 Å². The number of carbonyl (C=O) groups is 1. The molecule has 0 saturated heterocycles. The predicted molar refractivity (Wildman–Crippen MR) is 60.5 cm³/mol. The molecule has 0 aromatic carbocycles. The molecule has 1 heterocycles. The van der Waals surface area contributed by atoms with E-state index in [0.717, 1.165) is 0 Å². The van der Waals surface area contributed by atoms with Crippen LogP contribution in [0.3, 0.4) is 0 Å². The van der Waals surface area contributed by atoms with Crippen LogP contribution < -0.4 is 10.5 Å². The minimum Gasteiger partial charge on any atom is -0.495 e. The quantitative estimate of drug-likeness (QED) is 0.816. The van der Waals surface area contributed by atoms with E-state index in [4.69, 9.17) is 15.2 Å². The SMILES string of the molecule is CCOC(=O)Cc1c(OC)cnc(N)c1C(F)F. The van der Waals surface area contributed by atoms with Crippen LogP contribution in [0.5, 0.6) is 5.75 Å². The number of aromatic nitrogens is 1. The van der Waals surface area contributed by atoms with E-state index in [0.29, 0.717) is 0 Å². The van der Waals surface area contributed by atoms with E-state index in [2.05, 4.69) is 4.98 Å². The number of alkyl halides is 2. The first-order chi connectivity index (χ1) is 8.51. The zero-order chi connectivity index (χ0) is 13.7. The van der Waals surface area contributed by atoms with Gasteiger partial charge in [-0.15, -0.1) is 0 Å². The Kier molecular flexibility index (Phi) is 4.82. The molecule has 1 aromatic heterocycles. The van der Waals surface area contributed by atoms with Gasteiger partial charge in [0.1, 0.15) is 11.6 Å². The second-order valence-corrected chi connectivity index (χ2v) is 3.39. The molecule has 0 fully saturated rings. The van der Waals surface area contributed by atoms with Crippen molar-refractivity contribution < 1.29 is 23.0 Å². The largest absolute Gasteiger partial charge is 0.495 e. The van der Waals surface area contributed by atoms with Crippen molar-refractivity contribution in [3.05, 3.63) is 17.3 Å². The lowest BCUT2D eigenvalue weighted by Gasteiger charge is -2.14. The molecule has 0 aliphatic rings. The third-order valence-electron chi connectivity index (χ3n) is 2.28. The molecule has 0 saturated carbocycles. The van der Waals surface area contributed by atoms with E-state index in [1.54, 1.807) is 6.92 Å². The molecule has 1 rings (SSSR count). The van der Waals surface area contributed by atoms with Gasteiger partial charge in [0.05, 0.1) is 31.9 Å². The number of esters is 1. The number of methoxy groups -OCH3 is 1. The molecular weight excluding hydrogens is 246 g/mol. The first-order valence-electron chi connectivity index (χ1n) is 5.26. The van der Waals surface area contributed by atoms with E-state index < -0.39 is 18.0 Å². The normalized spacial score (nSPS) is 10.5. The molecule has 0 radical (unpaired) electrons. The Hall–Kier alpha value is -1.92. The van der Waals surface area contributed by atoms with Gasteiger partial charge in [0.25, 0.3) is 6.43 Å². The predicted octanol–water partition coefficient (Wildman–Crippen LogP) is 1.72. The highest BCUT2D eigenvalue weighted by molar-refractivity contribution is 5.75. The second-order valence-electron chi connectivity index (χ2n) is 3.39. The van der Waals surface area contributed by atoms with E-state index in [-0.39, 0.29) is 30.2 Å². The zero-order valence-corrected chi connectivity index (χ0v) is 10.1. The van der Waals surface area contributed by atoms with Crippen LogP contribution in [0.15, 0.2) is 6.20 Å². The Morgan fingerprint density at radius 2 is 2.22 bits per heavy atom. The third-order valence-corrected chi connectivity index (χ3v) is 2.28. The monoisotopic (exact) mass is 260 g/mol. The number of halogens is 2. The van der Waals surface area contributed by atoms with Gasteiger partial charge in [0.2, 0.25) is 0 Å². The maximum atomic E-state index is 12.9. The number of nitrogens with two attached hydrogens (primary N) is 1. The molecule has 0 aliphatic heterocycles. The number of nitrogens with zero attached hydrogens (tertiary/aromatic N) is 1. The van der Waals surface area contributed by atoms with E-state index >= 15 is 0 Å². The summed E-state index contributed by atoms with van der Waals surface area (Å²) in [6.07, 6.45) is -1.96. The minimum atomic E-state index is -2.84. The highest BCUT2D eigenvalue weighted by Gasteiger charge is 2.23. The summed E-state index contributed by atoms with van der Waals surface area (Å²) in [6.45, 7) is 1.80. The van der Waals surface area contributed by atoms with Gasteiger partial charge in [-0.05, 0) is 6.92 Å². The summed E-state index contributed by atoms with van der Waals surface area (Å²) in [5.74, 6) is -0.846. The van der Waals surface area contributed by atoms with Crippen molar-refractivity contribution >= 4 is 11.8 Å². The van der Waals surface area contributed by atoms with Crippen LogP contribution in [-0.2, 0) is 16.0 Å². The van der Waals surface area contributed by atoms with Gasteiger partial charge in [0, 0.05) is 5.56 Å². The standard InChI is InChI=1S/C11H14F2N2O3/c1-3-18-8(16)4-6-7(17-2)5-15-11(14)9(6)10(12)13/h5,10H,3-4H2,1-2H3,(H2,14,15). The molecule has 0 amide bonds. The molecule has 2 N–H and O–H groups in total. The van der Waals surface area contributed by atoms with Crippen LogP contribution >= 0.6 is 0 Å². The molecule has 7 heteroatoms. The average molecular weight is 260 g/mol. The molecule has 0 unspecified atom stereocenters. The van der Waals surface area contributed by atoms with Gasteiger partial charge in [-0.1, -0.05) is 0 Å². The number of nitrogen functional groups attached to an aromatic ring is 1. The van der Waals surface area contributed by atoms with Crippen molar-refractivity contribution in [2.75, 3.05) is 19.5 Å². The van der Waals surface area contributed by atoms with Gasteiger partial charge in [-0.2, -0.15) is 0 Å². The maximum absolute atomic E-state index is 12.9. The Labute approximate surface area is 103 Å². The number of anilines is 1. The molecule has 0 aliphatic carbocycles. The van der Waals surface area contributed by atoms with E-state index in [1.807, 2.05) is 0 Å². The van der Waals surface area contributed by atoms with Crippen molar-refractivity contribution in [2.45, 2.75) is 19.8 Å². The first kappa shape index (κ1) is 14.1. The number of pyridine rings is 1. The molecule has 100 valence electrons. The summed E-state index contributed by atoms with van der Waals surface area (Å²) >= 11 is 0. The summed E-state index contributed by atoms with van der Waals surface area (Å²) in [7, 11) is 1.30. The van der Waals surface area contributed by atoms with Crippen molar-refractivity contribution in [1.29, 1.82) is 0 Å². The van der Waals surface area contributed by atoms with Crippen molar-refractivity contribution in [3.63, 3.8) is 0 Å². The summed E-state index contributed by atoms with van der Waals surface area (Å²) < 4.78 is 35.5. The number of hydrogen-bond acceptors (Lipinski definition) is 5. The van der Waals surface area contributed by atoms with E-state index in [1.165, 1.54) is 13.3 Å². The number of ether oxygens (including phenoxy) is 2. The van der Waals surface area contributed by atoms with Gasteiger partial charge in [-0.3, -0.25) is 4.79 Å². The van der Waals surface area contributed by atoms with E-state index in [9.17, 15) is 13.6 Å². The third kappa shape index (κ3) is 3.06. The maximum Gasteiger partial charge on any atom is 0.310 e. The van der Waals surface area contributed by atoms with Gasteiger partial charge >= 0.3 is 5.97 Å². The average Bonchev–Trinajstić information content (AvgIpc) is 2.29. The molecule has 0 spiro atoms. The van der Waals surface area contributed by atoms with Crippen molar-refractivity contribution in [2.24, 2.45) is 0 Å². The van der Waals surface area contributed by atoms with Crippen LogP contribution in [-0.4, -0.2) is 24.7 Å². The summed E-state index contributed by atoms with van der Waals surface area (Å²) in [5, 5.41) is 0. The van der Waals surface area contributed by atoms with Crippen molar-refractivity contribution in [3.8, 4) is 5.75 Å². The fourth-order valence-corrected chi connectivity index (χ4v) is 1.52. The number of rotatable bonds is 5. The topological polar surface area (TPSA) is 74.4 Å². The zero-order valence-electron chi connectivity index (χ0n) is 10.1. The summed E-state index contributed by atoms with van der Waals surface area (Å²) in [6, 6.07) is 0. The molecule has 5 nitrogen and oxygen atoms in total. The minimum absolute atomic E-state index is 0.0125. The van der Waals surface area contributed by atoms with Gasteiger partial charge in [-0.25, -0.2) is 13.8 Å². The first-order valence-corrected chi connectivity index (χ1v) is 5.26. The van der Waals surface area contributed by atoms with Crippen LogP contribution in [0, 0.1) is 0 Å². The highest BCUT2D eigenvalue weighted by Crippen LogP contribution is 2.33.